The third-order valence-corrected chi connectivity index (χ3v) is 9.08. The Bertz CT molecular complexity index is 1010. The van der Waals surface area contributed by atoms with E-state index in [-0.39, 0.29) is 29.8 Å². The molecule has 0 aromatic heterocycles. The zero-order valence-corrected chi connectivity index (χ0v) is 24.8. The molecule has 1 spiro atoms. The second kappa shape index (κ2) is 11.0. The number of carbonyl (C=O) groups is 3. The molecule has 4 aliphatic heterocycles. The molecule has 218 valence electrons. The van der Waals surface area contributed by atoms with Crippen molar-refractivity contribution in [1.82, 2.24) is 9.80 Å². The van der Waals surface area contributed by atoms with E-state index < -0.39 is 47.1 Å². The maximum atomic E-state index is 14.7. The molecular formula is C31H48N2O6. The summed E-state index contributed by atoms with van der Waals surface area (Å²) in [5, 5.41) is 10.5. The summed E-state index contributed by atoms with van der Waals surface area (Å²) in [7, 11) is 0. The monoisotopic (exact) mass is 544 g/mol. The summed E-state index contributed by atoms with van der Waals surface area (Å²) in [6.45, 7) is 15.0. The van der Waals surface area contributed by atoms with E-state index in [0.29, 0.717) is 13.2 Å². The van der Waals surface area contributed by atoms with E-state index in [4.69, 9.17) is 9.47 Å². The molecule has 8 heteroatoms. The number of carbonyl (C=O) groups excluding carboxylic acids is 3. The quantitative estimate of drug-likeness (QED) is 0.403. The van der Waals surface area contributed by atoms with E-state index >= 15 is 0 Å². The number of aliphatic hydroxyl groups excluding tert-OH is 1. The fraction of sp³-hybridized carbons (Fsp3) is 0.774. The third-order valence-electron chi connectivity index (χ3n) is 9.08. The smallest absolute Gasteiger partial charge is 0.312 e. The van der Waals surface area contributed by atoms with Crippen molar-refractivity contribution in [2.24, 2.45) is 23.2 Å². The maximum Gasteiger partial charge on any atom is 0.312 e. The number of cyclic esters (lactones) is 1. The summed E-state index contributed by atoms with van der Waals surface area (Å²) in [5.74, 6) is -2.80. The SMILES string of the molecule is CC[C@H](C)[C@H](CO)N1C(=O)[C@@H]2[C@@H]3C(=O)OCCCC/C=C\[C@@H]3O[C@@]23C=CCN(C(C)(C)CC(C)(C)C)C(=O)C13. The first kappa shape index (κ1) is 29.8. The minimum Gasteiger partial charge on any atom is -0.465 e. The van der Waals surface area contributed by atoms with Gasteiger partial charge >= 0.3 is 5.97 Å². The van der Waals surface area contributed by atoms with Crippen molar-refractivity contribution in [1.29, 1.82) is 0 Å². The Kier molecular flexibility index (Phi) is 8.40. The van der Waals surface area contributed by atoms with Crippen LogP contribution >= 0.6 is 0 Å². The molecule has 0 radical (unpaired) electrons. The standard InChI is InChI=1S/C31H48N2O6/c1-8-20(2)21(18-34)33-25-27(36)32(30(6,7)19-29(3,4)5)16-13-15-31(25)24(26(33)35)23-22(39-31)14-11-9-10-12-17-38-28(23)37/h11,13-15,20-25,34H,8-10,12,16-19H2,1-7H3/b14-11-/t20-,21-,22-,23+,24-,25?,31-/m0/s1. The molecular weight excluding hydrogens is 496 g/mol. The maximum absolute atomic E-state index is 14.7. The lowest BCUT2D eigenvalue weighted by atomic mass is 9.77. The lowest BCUT2D eigenvalue weighted by molar-refractivity contribution is -0.158. The Morgan fingerprint density at radius 1 is 1.10 bits per heavy atom. The summed E-state index contributed by atoms with van der Waals surface area (Å²) in [6, 6.07) is -1.57. The van der Waals surface area contributed by atoms with Gasteiger partial charge in [0.1, 0.15) is 17.6 Å². The topological polar surface area (TPSA) is 96.4 Å². The molecule has 4 heterocycles. The van der Waals surface area contributed by atoms with Gasteiger partial charge in [-0.25, -0.2) is 0 Å². The summed E-state index contributed by atoms with van der Waals surface area (Å²) in [6.07, 6.45) is 11.0. The molecule has 0 aliphatic carbocycles. The Morgan fingerprint density at radius 2 is 1.82 bits per heavy atom. The first-order valence-electron chi connectivity index (χ1n) is 14.7. The normalized spacial score (nSPS) is 34.1. The van der Waals surface area contributed by atoms with E-state index in [9.17, 15) is 19.5 Å². The second-order valence-electron chi connectivity index (χ2n) is 13.7. The summed E-state index contributed by atoms with van der Waals surface area (Å²) in [5.41, 5.74) is -1.86. The van der Waals surface area contributed by atoms with Gasteiger partial charge in [0, 0.05) is 12.1 Å². The molecule has 1 unspecified atom stereocenters. The van der Waals surface area contributed by atoms with Crippen molar-refractivity contribution < 1.29 is 29.0 Å². The highest BCUT2D eigenvalue weighted by Gasteiger charge is 2.73. The van der Waals surface area contributed by atoms with E-state index in [0.717, 1.165) is 32.1 Å². The number of rotatable bonds is 6. The van der Waals surface area contributed by atoms with Crippen LogP contribution in [0.1, 0.15) is 80.6 Å². The number of hydrogen-bond acceptors (Lipinski definition) is 6. The first-order valence-corrected chi connectivity index (χ1v) is 14.7. The summed E-state index contributed by atoms with van der Waals surface area (Å²) >= 11 is 0. The molecule has 7 atom stereocenters. The van der Waals surface area contributed by atoms with Crippen molar-refractivity contribution in [2.45, 2.75) is 110 Å². The minimum absolute atomic E-state index is 0.0313. The van der Waals surface area contributed by atoms with Crippen molar-refractivity contribution in [3.63, 3.8) is 0 Å². The van der Waals surface area contributed by atoms with Crippen molar-refractivity contribution in [3.05, 3.63) is 24.3 Å². The van der Waals surface area contributed by atoms with Crippen LogP contribution in [0.5, 0.6) is 0 Å². The number of fused-ring (bicyclic) bond motifs is 2. The molecule has 0 aromatic rings. The van der Waals surface area contributed by atoms with Gasteiger partial charge in [0.2, 0.25) is 11.8 Å². The highest BCUT2D eigenvalue weighted by atomic mass is 16.6. The van der Waals surface area contributed by atoms with E-state index in [1.165, 1.54) is 0 Å². The molecule has 2 fully saturated rings. The Balaban J connectivity index is 1.87. The highest BCUT2D eigenvalue weighted by molar-refractivity contribution is 5.99. The van der Waals surface area contributed by atoms with Crippen LogP contribution < -0.4 is 0 Å². The van der Waals surface area contributed by atoms with Crippen LogP contribution in [0.3, 0.4) is 0 Å². The predicted molar refractivity (Wildman–Crippen MR) is 149 cm³/mol. The zero-order valence-electron chi connectivity index (χ0n) is 24.8. The lowest BCUT2D eigenvalue weighted by Gasteiger charge is -2.46. The van der Waals surface area contributed by atoms with Crippen LogP contribution in [-0.2, 0) is 23.9 Å². The number of aliphatic hydroxyl groups is 1. The number of allylic oxidation sites excluding steroid dienone is 1. The molecule has 1 N–H and O–H groups in total. The van der Waals surface area contributed by atoms with Crippen LogP contribution in [0.4, 0.5) is 0 Å². The van der Waals surface area contributed by atoms with Gasteiger partial charge in [0.05, 0.1) is 31.3 Å². The fourth-order valence-corrected chi connectivity index (χ4v) is 7.47. The van der Waals surface area contributed by atoms with Gasteiger partial charge in [-0.05, 0) is 50.9 Å². The molecule has 4 aliphatic rings. The average Bonchev–Trinajstić information content (AvgIpc) is 3.22. The van der Waals surface area contributed by atoms with Gasteiger partial charge in [-0.1, -0.05) is 65.3 Å². The summed E-state index contributed by atoms with van der Waals surface area (Å²) < 4.78 is 12.4. The number of esters is 1. The number of hydrogen-bond donors (Lipinski definition) is 1. The lowest BCUT2D eigenvalue weighted by Crippen LogP contribution is -2.62. The third kappa shape index (κ3) is 5.31. The van der Waals surface area contributed by atoms with Gasteiger partial charge in [-0.2, -0.15) is 0 Å². The number of likely N-dealkylation sites (tertiary alicyclic amines) is 1. The van der Waals surface area contributed by atoms with Gasteiger partial charge in [-0.3, -0.25) is 14.4 Å². The summed E-state index contributed by atoms with van der Waals surface area (Å²) in [4.78, 5) is 46.1. The number of nitrogens with zero attached hydrogens (tertiary/aromatic N) is 2. The molecule has 0 bridgehead atoms. The Morgan fingerprint density at radius 3 is 2.46 bits per heavy atom. The van der Waals surface area contributed by atoms with E-state index in [2.05, 4.69) is 34.6 Å². The molecule has 8 nitrogen and oxygen atoms in total. The Hall–Kier alpha value is -2.19. The van der Waals surface area contributed by atoms with Crippen LogP contribution in [0.2, 0.25) is 0 Å². The molecule has 4 rings (SSSR count). The van der Waals surface area contributed by atoms with Crippen LogP contribution in [0.15, 0.2) is 24.3 Å². The zero-order chi connectivity index (χ0) is 28.8. The van der Waals surface area contributed by atoms with Crippen LogP contribution in [-0.4, -0.2) is 81.8 Å². The fourth-order valence-electron chi connectivity index (χ4n) is 7.47. The number of amides is 2. The van der Waals surface area contributed by atoms with Gasteiger partial charge < -0.3 is 24.4 Å². The first-order chi connectivity index (χ1) is 18.3. The van der Waals surface area contributed by atoms with Crippen molar-refractivity contribution in [2.75, 3.05) is 19.8 Å². The van der Waals surface area contributed by atoms with E-state index in [1.54, 1.807) is 4.90 Å². The number of ether oxygens (including phenoxy) is 2. The van der Waals surface area contributed by atoms with Gasteiger partial charge in [0.25, 0.3) is 0 Å². The molecule has 39 heavy (non-hydrogen) atoms. The van der Waals surface area contributed by atoms with Crippen molar-refractivity contribution in [3.8, 4) is 0 Å². The van der Waals surface area contributed by atoms with Crippen LogP contribution in [0, 0.1) is 23.2 Å². The van der Waals surface area contributed by atoms with E-state index in [1.807, 2.05) is 43.1 Å². The molecule has 2 amide bonds. The molecule has 0 aromatic carbocycles. The minimum atomic E-state index is -1.33. The van der Waals surface area contributed by atoms with Gasteiger partial charge in [-0.15, -0.1) is 0 Å². The van der Waals surface area contributed by atoms with Crippen molar-refractivity contribution >= 4 is 17.8 Å². The van der Waals surface area contributed by atoms with Crippen LogP contribution in [0.25, 0.3) is 0 Å². The van der Waals surface area contributed by atoms with Gasteiger partial charge in [0.15, 0.2) is 0 Å². The second-order valence-corrected chi connectivity index (χ2v) is 13.7. The average molecular weight is 545 g/mol. The molecule has 0 saturated carbocycles. The molecule has 2 saturated heterocycles. The predicted octanol–water partition coefficient (Wildman–Crippen LogP) is 3.87. The Labute approximate surface area is 233 Å². The largest absolute Gasteiger partial charge is 0.465 e. The highest BCUT2D eigenvalue weighted by Crippen LogP contribution is 2.54.